The van der Waals surface area contributed by atoms with E-state index in [2.05, 4.69) is 15.0 Å². The SMILES string of the molecule is CC(=O)N(c1ccc2c3c(cccc13)C(=O)c1ccccc1-2)c1nc2c(=O)[nH]c(N)nc2n1[C@H]1C[C@H](O)[C@@H](CO)O1. The molecule has 0 bridgehead atoms. The van der Waals surface area contributed by atoms with Crippen LogP contribution in [0.5, 0.6) is 0 Å². The van der Waals surface area contributed by atoms with Crippen LogP contribution < -0.4 is 16.2 Å². The quantitative estimate of drug-likeness (QED) is 0.256. The molecule has 0 spiro atoms. The first-order chi connectivity index (χ1) is 19.8. The van der Waals surface area contributed by atoms with Gasteiger partial charge in [-0.1, -0.05) is 48.5 Å². The van der Waals surface area contributed by atoms with Crippen LogP contribution in [0.3, 0.4) is 0 Å². The number of nitrogens with one attached hydrogen (secondary N) is 1. The molecule has 3 atom stereocenters. The molecule has 1 fully saturated rings. The Balaban J connectivity index is 1.51. The van der Waals surface area contributed by atoms with Gasteiger partial charge < -0.3 is 20.7 Å². The zero-order valence-electron chi connectivity index (χ0n) is 21.7. The Morgan fingerprint density at radius 2 is 1.83 bits per heavy atom. The third-order valence-electron chi connectivity index (χ3n) is 7.70. The zero-order valence-corrected chi connectivity index (χ0v) is 21.7. The number of nitrogens with zero attached hydrogens (tertiary/aromatic N) is 4. The average molecular weight is 553 g/mol. The maximum atomic E-state index is 13.5. The van der Waals surface area contributed by atoms with Gasteiger partial charge in [-0.15, -0.1) is 0 Å². The number of nitrogen functional groups attached to an aromatic ring is 1. The number of rotatable bonds is 4. The Morgan fingerprint density at radius 3 is 2.56 bits per heavy atom. The second-order valence-electron chi connectivity index (χ2n) is 10.1. The highest BCUT2D eigenvalue weighted by Gasteiger charge is 2.39. The lowest BCUT2D eigenvalue weighted by Crippen LogP contribution is -2.28. The topological polar surface area (TPSA) is 177 Å². The molecular weight excluding hydrogens is 528 g/mol. The number of H-pyrrole nitrogens is 1. The molecular formula is C29H24N6O6. The van der Waals surface area contributed by atoms with Gasteiger partial charge in [0.1, 0.15) is 12.3 Å². The summed E-state index contributed by atoms with van der Waals surface area (Å²) < 4.78 is 7.36. The van der Waals surface area contributed by atoms with E-state index in [1.165, 1.54) is 16.4 Å². The third kappa shape index (κ3) is 3.62. The lowest BCUT2D eigenvalue weighted by molar-refractivity contribution is -0.116. The highest BCUT2D eigenvalue weighted by Crippen LogP contribution is 2.45. The van der Waals surface area contributed by atoms with Crippen molar-refractivity contribution in [1.82, 2.24) is 19.5 Å². The molecule has 1 aliphatic heterocycles. The van der Waals surface area contributed by atoms with Crippen molar-refractivity contribution in [3.63, 3.8) is 0 Å². The molecule has 2 aromatic heterocycles. The van der Waals surface area contributed by atoms with Gasteiger partial charge in [-0.2, -0.15) is 4.98 Å². The average Bonchev–Trinajstić information content (AvgIpc) is 3.51. The van der Waals surface area contributed by atoms with Gasteiger partial charge in [0.25, 0.3) is 5.56 Å². The van der Waals surface area contributed by atoms with Crippen molar-refractivity contribution in [3.05, 3.63) is 76.1 Å². The molecule has 0 radical (unpaired) electrons. The van der Waals surface area contributed by atoms with Crippen LogP contribution >= 0.6 is 0 Å². The van der Waals surface area contributed by atoms with Crippen molar-refractivity contribution in [2.24, 2.45) is 0 Å². The lowest BCUT2D eigenvalue weighted by atomic mass is 9.82. The molecule has 2 aliphatic rings. The fourth-order valence-electron chi connectivity index (χ4n) is 5.93. The summed E-state index contributed by atoms with van der Waals surface area (Å²) in [5.74, 6) is -0.714. The van der Waals surface area contributed by atoms with Crippen molar-refractivity contribution in [3.8, 4) is 11.1 Å². The number of aromatic nitrogens is 4. The molecule has 12 heteroatoms. The van der Waals surface area contributed by atoms with Crippen molar-refractivity contribution >= 4 is 51.2 Å². The monoisotopic (exact) mass is 552 g/mol. The van der Waals surface area contributed by atoms with Crippen LogP contribution in [0, 0.1) is 0 Å². The molecule has 1 aliphatic carbocycles. The number of benzene rings is 3. The summed E-state index contributed by atoms with van der Waals surface area (Å²) in [4.78, 5) is 52.3. The van der Waals surface area contributed by atoms with Crippen LogP contribution in [0.4, 0.5) is 17.6 Å². The standard InChI is InChI=1S/C29H24N6O6/c1-13(37)34(19-10-9-15-14-5-2-3-6-16(14)25(39)18-8-4-7-17(19)23(15)18)29-31-24-26(32-28(30)33-27(24)40)35(29)22-11-20(38)21(12-36)41-22/h2-10,20-22,36,38H,11-12H2,1H3,(H3,30,32,33,40)/t20-,21+,22+/m0/s1. The number of imidazole rings is 1. The minimum Gasteiger partial charge on any atom is -0.394 e. The molecule has 12 nitrogen and oxygen atoms in total. The molecule has 7 rings (SSSR count). The number of carbonyl (C=O) groups excluding carboxylic acids is 2. The minimum absolute atomic E-state index is 0.00938. The summed E-state index contributed by atoms with van der Waals surface area (Å²) in [7, 11) is 0. The zero-order chi connectivity index (χ0) is 28.6. The number of fused-ring (bicyclic) bond motifs is 3. The van der Waals surface area contributed by atoms with Crippen LogP contribution in [0.2, 0.25) is 0 Å². The van der Waals surface area contributed by atoms with Crippen LogP contribution in [-0.4, -0.2) is 60.2 Å². The summed E-state index contributed by atoms with van der Waals surface area (Å²) in [5, 5.41) is 21.5. The van der Waals surface area contributed by atoms with E-state index in [1.54, 1.807) is 24.3 Å². The Bertz CT molecular complexity index is 1980. The number of carbonyl (C=O) groups is 2. The first kappa shape index (κ1) is 25.1. The van der Waals surface area contributed by atoms with Gasteiger partial charge >= 0.3 is 0 Å². The molecule has 1 amide bonds. The number of aliphatic hydroxyl groups is 2. The molecule has 3 aromatic carbocycles. The van der Waals surface area contributed by atoms with E-state index in [1.807, 2.05) is 30.3 Å². The van der Waals surface area contributed by atoms with Crippen molar-refractivity contribution in [2.75, 3.05) is 17.2 Å². The molecule has 3 heterocycles. The summed E-state index contributed by atoms with van der Waals surface area (Å²) in [6, 6.07) is 16.3. The predicted molar refractivity (Wildman–Crippen MR) is 150 cm³/mol. The summed E-state index contributed by atoms with van der Waals surface area (Å²) >= 11 is 0. The molecule has 41 heavy (non-hydrogen) atoms. The van der Waals surface area contributed by atoms with Gasteiger partial charge in [0.15, 0.2) is 16.9 Å². The number of ketones is 1. The van der Waals surface area contributed by atoms with Gasteiger partial charge in [0, 0.05) is 35.2 Å². The van der Waals surface area contributed by atoms with Gasteiger partial charge in [-0.3, -0.25) is 23.9 Å². The number of aliphatic hydroxyl groups excluding tert-OH is 2. The fourth-order valence-corrected chi connectivity index (χ4v) is 5.93. The van der Waals surface area contributed by atoms with Gasteiger partial charge in [0.2, 0.25) is 17.8 Å². The highest BCUT2D eigenvalue weighted by molar-refractivity contribution is 6.27. The lowest BCUT2D eigenvalue weighted by Gasteiger charge is -2.27. The largest absolute Gasteiger partial charge is 0.394 e. The van der Waals surface area contributed by atoms with Crippen molar-refractivity contribution < 1.29 is 24.5 Å². The first-order valence-electron chi connectivity index (χ1n) is 13.0. The Labute approximate surface area is 231 Å². The second-order valence-corrected chi connectivity index (χ2v) is 10.1. The second kappa shape index (κ2) is 9.06. The Morgan fingerprint density at radius 1 is 1.07 bits per heavy atom. The van der Waals surface area contributed by atoms with E-state index in [-0.39, 0.29) is 35.3 Å². The highest BCUT2D eigenvalue weighted by atomic mass is 16.5. The number of ether oxygens (including phenoxy) is 1. The summed E-state index contributed by atoms with van der Waals surface area (Å²) in [6.07, 6.45) is -2.78. The molecule has 0 saturated carbocycles. The van der Waals surface area contributed by atoms with E-state index >= 15 is 0 Å². The normalized spacial score (nSPS) is 19.6. The fraction of sp³-hybridized carbons (Fsp3) is 0.207. The maximum absolute atomic E-state index is 13.5. The molecule has 206 valence electrons. The van der Waals surface area contributed by atoms with E-state index in [4.69, 9.17) is 10.5 Å². The van der Waals surface area contributed by atoms with E-state index in [0.29, 0.717) is 27.6 Å². The number of amides is 1. The van der Waals surface area contributed by atoms with Crippen LogP contribution in [-0.2, 0) is 9.53 Å². The Kier molecular flexibility index (Phi) is 5.54. The van der Waals surface area contributed by atoms with E-state index in [0.717, 1.165) is 11.1 Å². The van der Waals surface area contributed by atoms with Crippen LogP contribution in [0.25, 0.3) is 33.1 Å². The van der Waals surface area contributed by atoms with Gasteiger partial charge in [-0.25, -0.2) is 9.88 Å². The minimum atomic E-state index is -1.01. The smallest absolute Gasteiger partial charge is 0.280 e. The molecule has 0 unspecified atom stereocenters. The number of anilines is 3. The number of nitrogens with two attached hydrogens (primary N) is 1. The third-order valence-corrected chi connectivity index (χ3v) is 7.70. The maximum Gasteiger partial charge on any atom is 0.280 e. The molecule has 5 N–H and O–H groups in total. The molecule has 5 aromatic rings. The van der Waals surface area contributed by atoms with E-state index < -0.39 is 36.5 Å². The number of hydrogen-bond acceptors (Lipinski definition) is 9. The van der Waals surface area contributed by atoms with Gasteiger partial charge in [0.05, 0.1) is 18.4 Å². The van der Waals surface area contributed by atoms with Crippen molar-refractivity contribution in [1.29, 1.82) is 0 Å². The Hall–Kier alpha value is -4.91. The molecule has 1 saturated heterocycles. The van der Waals surface area contributed by atoms with E-state index in [9.17, 15) is 24.6 Å². The van der Waals surface area contributed by atoms with Gasteiger partial charge in [-0.05, 0) is 17.2 Å². The van der Waals surface area contributed by atoms with Crippen LogP contribution in [0.1, 0.15) is 35.5 Å². The predicted octanol–water partition coefficient (Wildman–Crippen LogP) is 2.39. The first-order valence-corrected chi connectivity index (χ1v) is 13.0. The number of hydrogen-bond donors (Lipinski definition) is 4. The summed E-state index contributed by atoms with van der Waals surface area (Å²) in [5.41, 5.74) is 8.38. The number of aromatic amines is 1. The van der Waals surface area contributed by atoms with Crippen molar-refractivity contribution in [2.45, 2.75) is 31.8 Å². The van der Waals surface area contributed by atoms with Crippen LogP contribution in [0.15, 0.2) is 59.4 Å². The summed E-state index contributed by atoms with van der Waals surface area (Å²) in [6.45, 7) is 0.920.